The second-order valence-corrected chi connectivity index (χ2v) is 5.82. The van der Waals surface area contributed by atoms with E-state index in [0.29, 0.717) is 11.7 Å². The van der Waals surface area contributed by atoms with Crippen LogP contribution in [0.5, 0.6) is 0 Å². The van der Waals surface area contributed by atoms with Crippen LogP contribution in [0.2, 0.25) is 0 Å². The summed E-state index contributed by atoms with van der Waals surface area (Å²) in [5, 5.41) is 0. The first-order valence-corrected chi connectivity index (χ1v) is 7.19. The summed E-state index contributed by atoms with van der Waals surface area (Å²) >= 11 is 0. The molecule has 0 aliphatic heterocycles. The minimum absolute atomic E-state index is 0. The molecule has 2 N–H and O–H groups in total. The second-order valence-electron chi connectivity index (χ2n) is 5.82. The summed E-state index contributed by atoms with van der Waals surface area (Å²) < 4.78 is 0. The lowest BCUT2D eigenvalue weighted by atomic mass is 10.0. The number of carbonyl (C=O) groups is 1. The van der Waals surface area contributed by atoms with Gasteiger partial charge in [-0.15, -0.1) is 12.4 Å². The van der Waals surface area contributed by atoms with Crippen LogP contribution in [-0.4, -0.2) is 22.9 Å². The number of benzene rings is 1. The Bertz CT molecular complexity index is 468. The first-order chi connectivity index (χ1) is 9.00. The normalized spacial score (nSPS) is 15.2. The number of rotatable bonds is 3. The summed E-state index contributed by atoms with van der Waals surface area (Å²) in [6, 6.07) is 6.21. The minimum atomic E-state index is 0. The molecule has 0 aromatic heterocycles. The SMILES string of the molecule is Cc1ccc(N)cc1C(=O)N(C(C)C)C1CCCC1.Cl. The van der Waals surface area contributed by atoms with E-state index in [9.17, 15) is 4.79 Å². The Morgan fingerprint density at radius 3 is 2.45 bits per heavy atom. The predicted octanol–water partition coefficient (Wildman–Crippen LogP) is 3.79. The zero-order chi connectivity index (χ0) is 14.0. The molecular formula is C16H25ClN2O. The highest BCUT2D eigenvalue weighted by atomic mass is 35.5. The topological polar surface area (TPSA) is 46.3 Å². The maximum absolute atomic E-state index is 12.8. The molecule has 1 aliphatic rings. The third kappa shape index (κ3) is 3.45. The molecule has 0 spiro atoms. The van der Waals surface area contributed by atoms with Crippen LogP contribution in [0.15, 0.2) is 18.2 Å². The van der Waals surface area contributed by atoms with Crippen LogP contribution in [0.1, 0.15) is 55.5 Å². The van der Waals surface area contributed by atoms with Gasteiger partial charge in [0.05, 0.1) is 0 Å². The molecule has 4 heteroatoms. The van der Waals surface area contributed by atoms with Crippen molar-refractivity contribution in [2.24, 2.45) is 0 Å². The molecule has 3 nitrogen and oxygen atoms in total. The summed E-state index contributed by atoms with van der Waals surface area (Å²) in [6.45, 7) is 6.16. The van der Waals surface area contributed by atoms with Gasteiger partial charge >= 0.3 is 0 Å². The van der Waals surface area contributed by atoms with Crippen molar-refractivity contribution in [3.05, 3.63) is 29.3 Å². The number of nitrogen functional groups attached to an aromatic ring is 1. The quantitative estimate of drug-likeness (QED) is 0.863. The van der Waals surface area contributed by atoms with Gasteiger partial charge in [0.2, 0.25) is 0 Å². The number of carbonyl (C=O) groups excluding carboxylic acids is 1. The van der Waals surface area contributed by atoms with Gasteiger partial charge in [0.15, 0.2) is 0 Å². The average molecular weight is 297 g/mol. The first kappa shape index (κ1) is 16.8. The van der Waals surface area contributed by atoms with E-state index in [0.717, 1.165) is 24.0 Å². The van der Waals surface area contributed by atoms with Crippen molar-refractivity contribution in [2.45, 2.75) is 58.5 Å². The van der Waals surface area contributed by atoms with Crippen molar-refractivity contribution in [3.63, 3.8) is 0 Å². The van der Waals surface area contributed by atoms with E-state index in [1.807, 2.05) is 25.1 Å². The number of amides is 1. The number of nitrogens with two attached hydrogens (primary N) is 1. The number of aryl methyl sites for hydroxylation is 1. The van der Waals surface area contributed by atoms with Crippen LogP contribution < -0.4 is 5.73 Å². The second kappa shape index (κ2) is 6.98. The van der Waals surface area contributed by atoms with Crippen molar-refractivity contribution >= 4 is 24.0 Å². The summed E-state index contributed by atoms with van der Waals surface area (Å²) in [6.07, 6.45) is 4.73. The maximum Gasteiger partial charge on any atom is 0.254 e. The molecule has 0 bridgehead atoms. The van der Waals surface area contributed by atoms with E-state index in [4.69, 9.17) is 5.73 Å². The van der Waals surface area contributed by atoms with Gasteiger partial charge in [0, 0.05) is 23.3 Å². The third-order valence-electron chi connectivity index (χ3n) is 4.00. The number of anilines is 1. The Labute approximate surface area is 127 Å². The van der Waals surface area contributed by atoms with Crippen LogP contribution in [0, 0.1) is 6.92 Å². The fourth-order valence-electron chi connectivity index (χ4n) is 3.01. The number of hydrogen-bond acceptors (Lipinski definition) is 2. The molecular weight excluding hydrogens is 272 g/mol. The summed E-state index contributed by atoms with van der Waals surface area (Å²) in [5.41, 5.74) is 8.23. The summed E-state index contributed by atoms with van der Waals surface area (Å²) in [4.78, 5) is 14.9. The van der Waals surface area contributed by atoms with Gasteiger partial charge in [0.25, 0.3) is 5.91 Å². The standard InChI is InChI=1S/C16H24N2O.ClH/c1-11(2)18(14-6-4-5-7-14)16(19)15-10-13(17)9-8-12(15)3;/h8-11,14H,4-7,17H2,1-3H3;1H. The van der Waals surface area contributed by atoms with Crippen LogP contribution >= 0.6 is 12.4 Å². The number of halogens is 1. The molecule has 20 heavy (non-hydrogen) atoms. The van der Waals surface area contributed by atoms with Crippen molar-refractivity contribution in [3.8, 4) is 0 Å². The Balaban J connectivity index is 0.00000200. The van der Waals surface area contributed by atoms with Crippen molar-refractivity contribution in [2.75, 3.05) is 5.73 Å². The molecule has 1 amide bonds. The van der Waals surface area contributed by atoms with Crippen LogP contribution in [0.4, 0.5) is 5.69 Å². The minimum Gasteiger partial charge on any atom is -0.399 e. The predicted molar refractivity (Wildman–Crippen MR) is 86.4 cm³/mol. The van der Waals surface area contributed by atoms with Gasteiger partial charge in [-0.05, 0) is 51.3 Å². The van der Waals surface area contributed by atoms with Gasteiger partial charge in [-0.1, -0.05) is 18.9 Å². The van der Waals surface area contributed by atoms with E-state index in [1.165, 1.54) is 12.8 Å². The molecule has 1 aromatic rings. The van der Waals surface area contributed by atoms with Crippen molar-refractivity contribution < 1.29 is 4.79 Å². The zero-order valence-electron chi connectivity index (χ0n) is 12.6. The fraction of sp³-hybridized carbons (Fsp3) is 0.562. The lowest BCUT2D eigenvalue weighted by Crippen LogP contribution is -2.43. The van der Waals surface area contributed by atoms with Gasteiger partial charge in [-0.25, -0.2) is 0 Å². The molecule has 1 aromatic carbocycles. The van der Waals surface area contributed by atoms with Crippen LogP contribution in [0.25, 0.3) is 0 Å². The Hall–Kier alpha value is -1.22. The first-order valence-electron chi connectivity index (χ1n) is 7.19. The lowest BCUT2D eigenvalue weighted by molar-refractivity contribution is 0.0612. The highest BCUT2D eigenvalue weighted by molar-refractivity contribution is 5.96. The Kier molecular flexibility index (Phi) is 5.88. The average Bonchev–Trinajstić information content (AvgIpc) is 2.85. The van der Waals surface area contributed by atoms with Gasteiger partial charge < -0.3 is 10.6 Å². The van der Waals surface area contributed by atoms with Gasteiger partial charge in [-0.3, -0.25) is 4.79 Å². The lowest BCUT2D eigenvalue weighted by Gasteiger charge is -2.33. The Morgan fingerprint density at radius 2 is 1.90 bits per heavy atom. The molecule has 0 unspecified atom stereocenters. The van der Waals surface area contributed by atoms with Crippen molar-refractivity contribution in [1.29, 1.82) is 0 Å². The number of nitrogens with zero attached hydrogens (tertiary/aromatic N) is 1. The fourth-order valence-corrected chi connectivity index (χ4v) is 3.01. The molecule has 0 atom stereocenters. The van der Waals surface area contributed by atoms with Gasteiger partial charge in [0.1, 0.15) is 0 Å². The number of hydrogen-bond donors (Lipinski definition) is 1. The molecule has 1 aliphatic carbocycles. The molecule has 112 valence electrons. The highest BCUT2D eigenvalue weighted by Gasteiger charge is 2.29. The molecule has 1 fully saturated rings. The van der Waals surface area contributed by atoms with Gasteiger partial charge in [-0.2, -0.15) is 0 Å². The van der Waals surface area contributed by atoms with E-state index in [2.05, 4.69) is 18.7 Å². The van der Waals surface area contributed by atoms with Crippen molar-refractivity contribution in [1.82, 2.24) is 4.90 Å². The van der Waals surface area contributed by atoms with Crippen LogP contribution in [0.3, 0.4) is 0 Å². The smallest absolute Gasteiger partial charge is 0.254 e. The molecule has 0 heterocycles. The van der Waals surface area contributed by atoms with E-state index in [1.54, 1.807) is 0 Å². The third-order valence-corrected chi connectivity index (χ3v) is 4.00. The Morgan fingerprint density at radius 1 is 1.30 bits per heavy atom. The van der Waals surface area contributed by atoms with E-state index >= 15 is 0 Å². The van der Waals surface area contributed by atoms with Crippen LogP contribution in [-0.2, 0) is 0 Å². The maximum atomic E-state index is 12.8. The molecule has 1 saturated carbocycles. The largest absolute Gasteiger partial charge is 0.399 e. The van der Waals surface area contributed by atoms with E-state index < -0.39 is 0 Å². The molecule has 0 saturated heterocycles. The monoisotopic (exact) mass is 296 g/mol. The summed E-state index contributed by atoms with van der Waals surface area (Å²) in [5.74, 6) is 0.131. The van der Waals surface area contributed by atoms with E-state index in [-0.39, 0.29) is 24.4 Å². The zero-order valence-corrected chi connectivity index (χ0v) is 13.4. The summed E-state index contributed by atoms with van der Waals surface area (Å²) in [7, 11) is 0. The highest BCUT2D eigenvalue weighted by Crippen LogP contribution is 2.27. The molecule has 2 rings (SSSR count). The molecule has 0 radical (unpaired) electrons.